The average Bonchev–Trinajstić information content (AvgIpc) is 2.95. The lowest BCUT2D eigenvalue weighted by molar-refractivity contribution is 0.431. The first-order chi connectivity index (χ1) is 11.6. The fraction of sp³-hybridized carbons (Fsp3) is 0.222. The molecule has 2 atom stereocenters. The van der Waals surface area contributed by atoms with Crippen LogP contribution in [0.3, 0.4) is 0 Å². The van der Waals surface area contributed by atoms with E-state index < -0.39 is 0 Å². The summed E-state index contributed by atoms with van der Waals surface area (Å²) in [4.78, 5) is 4.33. The van der Waals surface area contributed by atoms with Crippen molar-refractivity contribution in [1.82, 2.24) is 14.8 Å². The van der Waals surface area contributed by atoms with Crippen LogP contribution >= 0.6 is 11.6 Å². The number of aryl methyl sites for hydroxylation is 1. The Kier molecular flexibility index (Phi) is 3.65. The second-order valence-corrected chi connectivity index (χ2v) is 6.59. The Balaban J connectivity index is 1.74. The molecule has 0 saturated heterocycles. The van der Waals surface area contributed by atoms with Gasteiger partial charge in [-0.2, -0.15) is 4.98 Å². The Hall–Kier alpha value is -2.53. The predicted molar refractivity (Wildman–Crippen MR) is 96.2 cm³/mol. The molecule has 24 heavy (non-hydrogen) atoms. The summed E-state index contributed by atoms with van der Waals surface area (Å²) in [6.45, 7) is 2.08. The van der Waals surface area contributed by atoms with Crippen LogP contribution in [0.15, 0.2) is 48.5 Å². The van der Waals surface area contributed by atoms with E-state index >= 15 is 0 Å². The zero-order valence-corrected chi connectivity index (χ0v) is 14.0. The summed E-state index contributed by atoms with van der Waals surface area (Å²) in [5, 5.41) is 8.54. The Bertz CT molecular complexity index is 854. The number of rotatable bonds is 2. The van der Waals surface area contributed by atoms with Gasteiger partial charge in [0.1, 0.15) is 0 Å². The van der Waals surface area contributed by atoms with E-state index in [1.54, 1.807) is 0 Å². The van der Waals surface area contributed by atoms with Crippen molar-refractivity contribution >= 4 is 23.5 Å². The van der Waals surface area contributed by atoms with Crippen molar-refractivity contribution in [1.29, 1.82) is 0 Å². The summed E-state index contributed by atoms with van der Waals surface area (Å²) < 4.78 is 1.88. The number of aromatic nitrogens is 3. The lowest BCUT2D eigenvalue weighted by Crippen LogP contribution is -2.28. The third-order valence-corrected chi connectivity index (χ3v) is 4.69. The van der Waals surface area contributed by atoms with Gasteiger partial charge in [0.15, 0.2) is 0 Å². The summed E-state index contributed by atoms with van der Waals surface area (Å²) in [6, 6.07) is 16.7. The first kappa shape index (κ1) is 15.0. The van der Waals surface area contributed by atoms with E-state index in [-0.39, 0.29) is 18.0 Å². The number of fused-ring (bicyclic) bond motifs is 1. The molecule has 2 aromatic carbocycles. The van der Waals surface area contributed by atoms with Gasteiger partial charge in [0, 0.05) is 5.02 Å². The average molecular weight is 340 g/mol. The molecule has 0 bridgehead atoms. The number of nitrogens with one attached hydrogen (secondary N) is 1. The molecule has 1 aromatic heterocycles. The van der Waals surface area contributed by atoms with Gasteiger partial charge in [0.05, 0.1) is 12.1 Å². The van der Waals surface area contributed by atoms with E-state index in [2.05, 4.69) is 46.6 Å². The number of halogens is 1. The van der Waals surface area contributed by atoms with Gasteiger partial charge in [0.25, 0.3) is 0 Å². The number of hydrogen-bond acceptors (Lipinski definition) is 4. The maximum Gasteiger partial charge on any atom is 0.241 e. The molecule has 4 rings (SSSR count). The molecule has 0 aliphatic carbocycles. The van der Waals surface area contributed by atoms with Crippen LogP contribution in [0.5, 0.6) is 0 Å². The van der Waals surface area contributed by atoms with Crippen molar-refractivity contribution in [3.63, 3.8) is 0 Å². The van der Waals surface area contributed by atoms with Gasteiger partial charge >= 0.3 is 0 Å². The largest absolute Gasteiger partial charge is 0.366 e. The highest BCUT2D eigenvalue weighted by atomic mass is 35.5. The van der Waals surface area contributed by atoms with Crippen LogP contribution in [-0.2, 0) is 0 Å². The van der Waals surface area contributed by atoms with Gasteiger partial charge in [-0.1, -0.05) is 53.6 Å². The fourth-order valence-corrected chi connectivity index (χ4v) is 3.30. The molecular weight excluding hydrogens is 322 g/mol. The minimum Gasteiger partial charge on any atom is -0.366 e. The zero-order chi connectivity index (χ0) is 16.7. The van der Waals surface area contributed by atoms with Gasteiger partial charge in [-0.15, -0.1) is 5.10 Å². The van der Waals surface area contributed by atoms with Crippen LogP contribution < -0.4 is 11.1 Å². The molecule has 122 valence electrons. The maximum atomic E-state index is 6.01. The Morgan fingerprint density at radius 1 is 1.08 bits per heavy atom. The molecular formula is C18H18ClN5. The molecule has 2 heterocycles. The van der Waals surface area contributed by atoms with Crippen molar-refractivity contribution in [2.45, 2.75) is 25.4 Å². The number of nitrogens with two attached hydrogens (primary N) is 1. The minimum absolute atomic E-state index is 0.0901. The fourth-order valence-electron chi connectivity index (χ4n) is 3.17. The molecule has 1 aliphatic rings. The first-order valence-corrected chi connectivity index (χ1v) is 8.28. The van der Waals surface area contributed by atoms with Gasteiger partial charge < -0.3 is 11.1 Å². The lowest BCUT2D eigenvalue weighted by atomic mass is 9.93. The lowest BCUT2D eigenvalue weighted by Gasteiger charge is -2.31. The monoisotopic (exact) mass is 339 g/mol. The quantitative estimate of drug-likeness (QED) is 0.741. The van der Waals surface area contributed by atoms with E-state index in [9.17, 15) is 0 Å². The van der Waals surface area contributed by atoms with Crippen molar-refractivity contribution in [3.8, 4) is 0 Å². The van der Waals surface area contributed by atoms with Crippen molar-refractivity contribution in [2.24, 2.45) is 0 Å². The number of anilines is 2. The first-order valence-electron chi connectivity index (χ1n) is 7.91. The molecule has 0 radical (unpaired) electrons. The van der Waals surface area contributed by atoms with E-state index in [1.807, 2.05) is 28.9 Å². The van der Waals surface area contributed by atoms with Gasteiger partial charge in [-0.3, -0.25) is 0 Å². The van der Waals surface area contributed by atoms with E-state index in [0.29, 0.717) is 5.95 Å². The Morgan fingerprint density at radius 2 is 1.75 bits per heavy atom. The molecule has 3 aromatic rings. The van der Waals surface area contributed by atoms with Crippen LogP contribution in [-0.4, -0.2) is 14.8 Å². The minimum atomic E-state index is 0.0901. The SMILES string of the molecule is Cc1ccc([C@@H]2C[C@H](c3ccc(Cl)cc3)Nc3nc(N)nn32)cc1. The predicted octanol–water partition coefficient (Wildman–Crippen LogP) is 3.97. The van der Waals surface area contributed by atoms with E-state index in [1.165, 1.54) is 16.7 Å². The van der Waals surface area contributed by atoms with E-state index in [0.717, 1.165) is 11.4 Å². The molecule has 1 aliphatic heterocycles. The molecule has 3 N–H and O–H groups in total. The Labute approximate surface area is 145 Å². The standard InChI is InChI=1S/C18H18ClN5/c1-11-2-4-13(5-3-11)16-10-15(12-6-8-14(19)9-7-12)21-18-22-17(20)23-24(16)18/h2-9,15-16H,10H2,1H3,(H3,20,21,22,23)/t15-,16+/m1/s1. The van der Waals surface area contributed by atoms with Crippen LogP contribution in [0.4, 0.5) is 11.9 Å². The smallest absolute Gasteiger partial charge is 0.241 e. The summed E-state index contributed by atoms with van der Waals surface area (Å²) in [5.41, 5.74) is 9.43. The summed E-state index contributed by atoms with van der Waals surface area (Å²) in [6.07, 6.45) is 0.862. The van der Waals surface area contributed by atoms with Crippen LogP contribution in [0.1, 0.15) is 35.2 Å². The molecule has 0 saturated carbocycles. The van der Waals surface area contributed by atoms with Crippen molar-refractivity contribution in [3.05, 3.63) is 70.2 Å². The molecule has 5 nitrogen and oxygen atoms in total. The number of nitrogens with zero attached hydrogens (tertiary/aromatic N) is 3. The summed E-state index contributed by atoms with van der Waals surface area (Å²) >= 11 is 6.01. The zero-order valence-electron chi connectivity index (χ0n) is 13.3. The topological polar surface area (TPSA) is 68.8 Å². The third-order valence-electron chi connectivity index (χ3n) is 4.44. The van der Waals surface area contributed by atoms with Crippen LogP contribution in [0.2, 0.25) is 5.02 Å². The number of nitrogen functional groups attached to an aromatic ring is 1. The van der Waals surface area contributed by atoms with E-state index in [4.69, 9.17) is 17.3 Å². The van der Waals surface area contributed by atoms with Crippen molar-refractivity contribution in [2.75, 3.05) is 11.1 Å². The summed E-state index contributed by atoms with van der Waals surface area (Å²) in [5.74, 6) is 0.982. The van der Waals surface area contributed by atoms with Crippen LogP contribution in [0.25, 0.3) is 0 Å². The van der Waals surface area contributed by atoms with Gasteiger partial charge in [-0.05, 0) is 36.6 Å². The van der Waals surface area contributed by atoms with Crippen molar-refractivity contribution < 1.29 is 0 Å². The highest BCUT2D eigenvalue weighted by Crippen LogP contribution is 2.38. The number of benzene rings is 2. The number of hydrogen-bond donors (Lipinski definition) is 2. The molecule has 0 spiro atoms. The highest BCUT2D eigenvalue weighted by Gasteiger charge is 2.30. The maximum absolute atomic E-state index is 6.01. The summed E-state index contributed by atoms with van der Waals surface area (Å²) in [7, 11) is 0. The third kappa shape index (κ3) is 2.71. The normalized spacial score (nSPS) is 19.6. The molecule has 0 fully saturated rings. The second kappa shape index (κ2) is 5.83. The van der Waals surface area contributed by atoms with Crippen LogP contribution in [0, 0.1) is 6.92 Å². The second-order valence-electron chi connectivity index (χ2n) is 6.15. The Morgan fingerprint density at radius 3 is 2.46 bits per heavy atom. The van der Waals surface area contributed by atoms with Gasteiger partial charge in [-0.25, -0.2) is 4.68 Å². The van der Waals surface area contributed by atoms with Gasteiger partial charge in [0.2, 0.25) is 11.9 Å². The molecule has 0 amide bonds. The highest BCUT2D eigenvalue weighted by molar-refractivity contribution is 6.30. The molecule has 6 heteroatoms. The molecule has 0 unspecified atom stereocenters.